The van der Waals surface area contributed by atoms with Crippen LogP contribution in [0.4, 0.5) is 0 Å². The van der Waals surface area contributed by atoms with E-state index in [1.54, 1.807) is 7.11 Å². The van der Waals surface area contributed by atoms with Gasteiger partial charge in [-0.05, 0) is 19.3 Å². The van der Waals surface area contributed by atoms with E-state index in [2.05, 4.69) is 0 Å². The van der Waals surface area contributed by atoms with Crippen molar-refractivity contribution < 1.29 is 13.2 Å². The maximum absolute atomic E-state index is 12.2. The smallest absolute Gasteiger partial charge is 0.214 e. The van der Waals surface area contributed by atoms with Gasteiger partial charge in [-0.15, -0.1) is 0 Å². The lowest BCUT2D eigenvalue weighted by atomic mass is 10.2. The number of nitrogens with zero attached hydrogens (tertiary/aromatic N) is 1. The average molecular weight is 277 g/mol. The van der Waals surface area contributed by atoms with Crippen molar-refractivity contribution in [3.8, 4) is 0 Å². The number of amidine groups is 1. The maximum atomic E-state index is 12.2. The molecule has 3 N–H and O–H groups in total. The first-order valence-electron chi connectivity index (χ1n) is 6.28. The zero-order valence-corrected chi connectivity index (χ0v) is 11.7. The molecule has 0 atom stereocenters. The molecule has 18 heavy (non-hydrogen) atoms. The number of ether oxygens (including phenoxy) is 1. The first-order valence-corrected chi connectivity index (χ1v) is 7.89. The van der Waals surface area contributed by atoms with Crippen LogP contribution >= 0.6 is 0 Å². The van der Waals surface area contributed by atoms with Crippen LogP contribution in [0.25, 0.3) is 0 Å². The average Bonchev–Trinajstić information content (AvgIpc) is 2.78. The van der Waals surface area contributed by atoms with Gasteiger partial charge in [0.1, 0.15) is 5.84 Å². The Hall–Kier alpha value is -0.660. The van der Waals surface area contributed by atoms with Crippen molar-refractivity contribution >= 4 is 15.9 Å². The van der Waals surface area contributed by atoms with Crippen molar-refractivity contribution in [2.75, 3.05) is 26.0 Å². The van der Waals surface area contributed by atoms with Crippen LogP contribution in [0, 0.1) is 5.41 Å². The number of rotatable bonds is 8. The van der Waals surface area contributed by atoms with Crippen LogP contribution < -0.4 is 5.73 Å². The second kappa shape index (κ2) is 7.06. The van der Waals surface area contributed by atoms with Crippen LogP contribution in [-0.2, 0) is 14.8 Å². The number of hydrogen-bond acceptors (Lipinski definition) is 4. The molecular weight excluding hydrogens is 254 g/mol. The van der Waals surface area contributed by atoms with E-state index in [1.165, 1.54) is 4.31 Å². The molecule has 6 nitrogen and oxygen atoms in total. The molecule has 0 aromatic rings. The third-order valence-corrected chi connectivity index (χ3v) is 5.11. The van der Waals surface area contributed by atoms with Gasteiger partial charge in [-0.1, -0.05) is 12.8 Å². The molecule has 0 aromatic heterocycles. The fourth-order valence-corrected chi connectivity index (χ4v) is 4.04. The molecule has 106 valence electrons. The highest BCUT2D eigenvalue weighted by Gasteiger charge is 2.31. The molecule has 1 rings (SSSR count). The molecule has 0 unspecified atom stereocenters. The number of hydrogen-bond donors (Lipinski definition) is 2. The Bertz CT molecular complexity index is 364. The summed E-state index contributed by atoms with van der Waals surface area (Å²) in [4.78, 5) is 0. The molecule has 0 bridgehead atoms. The Balaban J connectivity index is 2.70. The predicted molar refractivity (Wildman–Crippen MR) is 71.2 cm³/mol. The largest absolute Gasteiger partial charge is 0.387 e. The topological polar surface area (TPSA) is 96.5 Å². The molecule has 0 saturated heterocycles. The second-order valence-corrected chi connectivity index (χ2v) is 6.71. The van der Waals surface area contributed by atoms with Gasteiger partial charge in [-0.25, -0.2) is 8.42 Å². The molecule has 1 saturated carbocycles. The number of sulfonamides is 1. The van der Waals surface area contributed by atoms with Gasteiger partial charge in [-0.3, -0.25) is 5.41 Å². The van der Waals surface area contributed by atoms with Gasteiger partial charge in [0.2, 0.25) is 10.0 Å². The summed E-state index contributed by atoms with van der Waals surface area (Å²) in [5.74, 6) is -0.0397. The Labute approximate surface area is 109 Å². The van der Waals surface area contributed by atoms with Crippen molar-refractivity contribution in [3.05, 3.63) is 0 Å². The quantitative estimate of drug-likeness (QED) is 0.384. The Morgan fingerprint density at radius 3 is 2.56 bits per heavy atom. The molecule has 1 aliphatic rings. The molecular formula is C11H23N3O3S. The summed E-state index contributed by atoms with van der Waals surface area (Å²) in [6.45, 7) is 0.442. The van der Waals surface area contributed by atoms with Crippen LogP contribution in [0.5, 0.6) is 0 Å². The Kier molecular flexibility index (Phi) is 6.04. The molecule has 7 heteroatoms. The van der Waals surface area contributed by atoms with Crippen LogP contribution in [0.15, 0.2) is 0 Å². The highest BCUT2D eigenvalue weighted by atomic mass is 32.2. The third-order valence-electron chi connectivity index (χ3n) is 3.17. The molecule has 1 fully saturated rings. The molecule has 0 radical (unpaired) electrons. The fraction of sp³-hybridized carbons (Fsp3) is 0.909. The molecule has 0 aliphatic heterocycles. The Morgan fingerprint density at radius 1 is 1.44 bits per heavy atom. The second-order valence-electron chi connectivity index (χ2n) is 4.67. The highest BCUT2D eigenvalue weighted by molar-refractivity contribution is 7.89. The molecule has 0 spiro atoms. The van der Waals surface area contributed by atoms with Gasteiger partial charge in [0.25, 0.3) is 0 Å². The van der Waals surface area contributed by atoms with Crippen molar-refractivity contribution in [2.45, 2.75) is 38.1 Å². The van der Waals surface area contributed by atoms with Crippen LogP contribution in [-0.4, -0.2) is 50.6 Å². The molecule has 0 heterocycles. The van der Waals surface area contributed by atoms with Crippen molar-refractivity contribution in [2.24, 2.45) is 5.73 Å². The van der Waals surface area contributed by atoms with E-state index >= 15 is 0 Å². The van der Waals surface area contributed by atoms with Crippen LogP contribution in [0.3, 0.4) is 0 Å². The minimum absolute atomic E-state index is 0.0139. The molecule has 0 amide bonds. The van der Waals surface area contributed by atoms with Crippen molar-refractivity contribution in [1.29, 1.82) is 5.41 Å². The number of nitrogens with one attached hydrogen (secondary N) is 1. The molecule has 1 aliphatic carbocycles. The van der Waals surface area contributed by atoms with Crippen LogP contribution in [0.1, 0.15) is 32.1 Å². The first kappa shape index (κ1) is 15.4. The van der Waals surface area contributed by atoms with Gasteiger partial charge in [-0.2, -0.15) is 4.31 Å². The summed E-state index contributed by atoms with van der Waals surface area (Å²) in [6.07, 6.45) is 4.31. The third kappa shape index (κ3) is 4.55. The Morgan fingerprint density at radius 2 is 2.06 bits per heavy atom. The zero-order chi connectivity index (χ0) is 13.6. The standard InChI is InChI=1S/C11H23N3O3S/c1-17-7-4-8-18(15,16)14(9-11(12)13)10-5-2-3-6-10/h10H,2-9H2,1H3,(H3,12,13). The van der Waals surface area contributed by atoms with E-state index < -0.39 is 10.0 Å². The monoisotopic (exact) mass is 277 g/mol. The number of nitrogens with two attached hydrogens (primary N) is 1. The fourth-order valence-electron chi connectivity index (χ4n) is 2.32. The lowest BCUT2D eigenvalue weighted by molar-refractivity contribution is 0.199. The maximum Gasteiger partial charge on any atom is 0.214 e. The summed E-state index contributed by atoms with van der Waals surface area (Å²) in [5, 5.41) is 7.33. The van der Waals surface area contributed by atoms with Crippen LogP contribution in [0.2, 0.25) is 0 Å². The van der Waals surface area contributed by atoms with Gasteiger partial charge in [0, 0.05) is 19.8 Å². The summed E-state index contributed by atoms with van der Waals surface area (Å²) in [5.41, 5.74) is 5.36. The summed E-state index contributed by atoms with van der Waals surface area (Å²) in [7, 11) is -1.79. The van der Waals surface area contributed by atoms with E-state index in [4.69, 9.17) is 15.9 Å². The van der Waals surface area contributed by atoms with Crippen molar-refractivity contribution in [1.82, 2.24) is 4.31 Å². The zero-order valence-electron chi connectivity index (χ0n) is 10.9. The van der Waals surface area contributed by atoms with Gasteiger partial charge >= 0.3 is 0 Å². The van der Waals surface area contributed by atoms with Gasteiger partial charge in [0.05, 0.1) is 12.3 Å². The lowest BCUT2D eigenvalue weighted by Gasteiger charge is -2.27. The molecule has 0 aromatic carbocycles. The first-order chi connectivity index (χ1) is 8.47. The van der Waals surface area contributed by atoms with E-state index in [0.29, 0.717) is 13.0 Å². The normalized spacial score (nSPS) is 17.4. The van der Waals surface area contributed by atoms with E-state index in [-0.39, 0.29) is 24.2 Å². The predicted octanol–water partition coefficient (Wildman–Crippen LogP) is 0.533. The minimum atomic E-state index is -3.34. The lowest BCUT2D eigenvalue weighted by Crippen LogP contribution is -2.45. The summed E-state index contributed by atoms with van der Waals surface area (Å²) >= 11 is 0. The van der Waals surface area contributed by atoms with Gasteiger partial charge in [0.15, 0.2) is 0 Å². The highest BCUT2D eigenvalue weighted by Crippen LogP contribution is 2.25. The number of methoxy groups -OCH3 is 1. The van der Waals surface area contributed by atoms with E-state index in [9.17, 15) is 8.42 Å². The summed E-state index contributed by atoms with van der Waals surface area (Å²) in [6, 6.07) is 0.0152. The van der Waals surface area contributed by atoms with Crippen molar-refractivity contribution in [3.63, 3.8) is 0 Å². The SMILES string of the molecule is COCCCS(=O)(=O)N(CC(=N)N)C1CCCC1. The van der Waals surface area contributed by atoms with E-state index in [1.807, 2.05) is 0 Å². The summed E-state index contributed by atoms with van der Waals surface area (Å²) < 4.78 is 30.8. The van der Waals surface area contributed by atoms with E-state index in [0.717, 1.165) is 25.7 Å². The minimum Gasteiger partial charge on any atom is -0.387 e. The van der Waals surface area contributed by atoms with Gasteiger partial charge < -0.3 is 10.5 Å².